The minimum absolute atomic E-state index is 0. The molecule has 2 aromatic carbocycles. The fourth-order valence-electron chi connectivity index (χ4n) is 4.66. The average molecular weight is 640 g/mol. The molecule has 0 bridgehead atoms. The molecule has 0 fully saturated rings. The summed E-state index contributed by atoms with van der Waals surface area (Å²) in [6, 6.07) is 15.5. The molecule has 0 aromatic heterocycles. The van der Waals surface area contributed by atoms with Crippen LogP contribution in [0.5, 0.6) is 0 Å². The minimum Gasteiger partial charge on any atom is -0.460 e. The number of nitrogens with two attached hydrogens (primary N) is 1. The number of carbonyl (C=O) groups is 2. The van der Waals surface area contributed by atoms with Crippen molar-refractivity contribution in [1.82, 2.24) is 10.6 Å². The smallest absolute Gasteiger partial charge is 0.407 e. The lowest BCUT2D eigenvalue weighted by molar-refractivity contribution is -0.145. The summed E-state index contributed by atoms with van der Waals surface area (Å²) < 4.78 is 10.6. The lowest BCUT2D eigenvalue weighted by Gasteiger charge is -2.25. The van der Waals surface area contributed by atoms with E-state index in [1.807, 2.05) is 24.3 Å². The molecule has 0 radical (unpaired) electrons. The van der Waals surface area contributed by atoms with Crippen molar-refractivity contribution in [3.05, 3.63) is 72.3 Å². The first-order chi connectivity index (χ1) is 20.7. The zero-order valence-electron chi connectivity index (χ0n) is 24.9. The van der Waals surface area contributed by atoms with Crippen molar-refractivity contribution in [2.75, 3.05) is 40.0 Å². The van der Waals surface area contributed by atoms with Gasteiger partial charge in [-0.15, -0.1) is 12.4 Å². The lowest BCUT2D eigenvalue weighted by Crippen LogP contribution is -2.48. The maximum atomic E-state index is 12.5. The van der Waals surface area contributed by atoms with Crippen molar-refractivity contribution < 1.29 is 44.6 Å². The Morgan fingerprint density at radius 2 is 1.52 bits per heavy atom. The van der Waals surface area contributed by atoms with Crippen molar-refractivity contribution in [2.45, 2.75) is 55.6 Å². The number of aliphatic hydroxyl groups is 5. The number of amides is 1. The van der Waals surface area contributed by atoms with E-state index >= 15 is 0 Å². The summed E-state index contributed by atoms with van der Waals surface area (Å²) in [6.45, 7) is 3.78. The number of likely N-dealkylation sites (N-methyl/N-ethyl adjacent to an activating group) is 1. The zero-order valence-corrected chi connectivity index (χ0v) is 25.7. The number of ether oxygens (including phenoxy) is 2. The van der Waals surface area contributed by atoms with Gasteiger partial charge in [-0.25, -0.2) is 9.59 Å². The molecule has 3 rings (SSSR count). The van der Waals surface area contributed by atoms with Crippen LogP contribution in [-0.2, 0) is 14.3 Å². The Kier molecular flexibility index (Phi) is 18.4. The lowest BCUT2D eigenvalue weighted by atomic mass is 9.98. The topological polar surface area (TPSA) is 204 Å². The number of benzene rings is 2. The van der Waals surface area contributed by atoms with Crippen LogP contribution in [0.15, 0.2) is 61.2 Å². The van der Waals surface area contributed by atoms with Crippen molar-refractivity contribution in [3.8, 4) is 11.1 Å². The molecule has 246 valence electrons. The monoisotopic (exact) mass is 639 g/mol. The molecule has 0 saturated heterocycles. The van der Waals surface area contributed by atoms with E-state index in [-0.39, 0.29) is 38.1 Å². The van der Waals surface area contributed by atoms with Crippen molar-refractivity contribution in [1.29, 1.82) is 0 Å². The molecule has 2 aromatic rings. The SMILES string of the molecule is C=CCOC(=O)C(CCCCN)NC(=O)OCC1c2ccccc2-c2ccccc21.CNCC(O)C(O)C(O)C(O)CO.Cl. The van der Waals surface area contributed by atoms with Crippen molar-refractivity contribution in [2.24, 2.45) is 5.73 Å². The third-order valence-electron chi connectivity index (χ3n) is 6.95. The van der Waals surface area contributed by atoms with Gasteiger partial charge in [-0.2, -0.15) is 0 Å². The van der Waals surface area contributed by atoms with Gasteiger partial charge in [0.1, 0.15) is 37.6 Å². The second-order valence-corrected chi connectivity index (χ2v) is 10.1. The number of unbranched alkanes of at least 4 members (excludes halogenated alkanes) is 1. The van der Waals surface area contributed by atoms with Gasteiger partial charge in [0.05, 0.1) is 12.7 Å². The molecular formula is C31H46ClN3O9. The van der Waals surface area contributed by atoms with E-state index in [2.05, 4.69) is 41.5 Å². The summed E-state index contributed by atoms with van der Waals surface area (Å²) in [6.07, 6.45) is -2.89. The number of hydrogen-bond donors (Lipinski definition) is 8. The number of halogens is 1. The summed E-state index contributed by atoms with van der Waals surface area (Å²) >= 11 is 0. The highest BCUT2D eigenvalue weighted by Crippen LogP contribution is 2.44. The van der Waals surface area contributed by atoms with Crippen LogP contribution in [0.1, 0.15) is 36.3 Å². The highest BCUT2D eigenvalue weighted by Gasteiger charge is 2.31. The highest BCUT2D eigenvalue weighted by atomic mass is 35.5. The molecule has 0 spiro atoms. The number of rotatable bonds is 16. The molecule has 44 heavy (non-hydrogen) atoms. The number of fused-ring (bicyclic) bond motifs is 3. The Balaban J connectivity index is 0.000000588. The molecule has 9 N–H and O–H groups in total. The van der Waals surface area contributed by atoms with Crippen LogP contribution < -0.4 is 16.4 Å². The molecular weight excluding hydrogens is 594 g/mol. The van der Waals surface area contributed by atoms with Gasteiger partial charge in [-0.3, -0.25) is 0 Å². The van der Waals surface area contributed by atoms with Crippen LogP contribution in [0.4, 0.5) is 4.79 Å². The van der Waals surface area contributed by atoms with Crippen LogP contribution in [0, 0.1) is 0 Å². The molecule has 12 nitrogen and oxygen atoms in total. The maximum Gasteiger partial charge on any atom is 0.407 e. The van der Waals surface area contributed by atoms with Gasteiger partial charge in [0.25, 0.3) is 0 Å². The summed E-state index contributed by atoms with van der Waals surface area (Å²) in [4.78, 5) is 24.7. The number of carbonyl (C=O) groups excluding carboxylic acids is 2. The van der Waals surface area contributed by atoms with Crippen LogP contribution in [0.2, 0.25) is 0 Å². The Bertz CT molecular complexity index is 1110. The second-order valence-electron chi connectivity index (χ2n) is 10.1. The predicted molar refractivity (Wildman–Crippen MR) is 168 cm³/mol. The van der Waals surface area contributed by atoms with Gasteiger partial charge < -0.3 is 51.4 Å². The molecule has 13 heteroatoms. The van der Waals surface area contributed by atoms with E-state index < -0.39 is 49.1 Å². The fraction of sp³-hybridized carbons (Fsp3) is 0.484. The summed E-state index contributed by atoms with van der Waals surface area (Å²) in [5.74, 6) is -0.535. The maximum absolute atomic E-state index is 12.5. The van der Waals surface area contributed by atoms with Crippen LogP contribution >= 0.6 is 12.4 Å². The van der Waals surface area contributed by atoms with Gasteiger partial charge in [0.15, 0.2) is 0 Å². The highest BCUT2D eigenvalue weighted by molar-refractivity contribution is 5.85. The Labute approximate surface area is 264 Å². The first-order valence-corrected chi connectivity index (χ1v) is 14.3. The molecule has 0 aliphatic heterocycles. The van der Waals surface area contributed by atoms with Gasteiger partial charge >= 0.3 is 12.1 Å². The quantitative estimate of drug-likeness (QED) is 0.0733. The van der Waals surface area contributed by atoms with Crippen molar-refractivity contribution >= 4 is 24.5 Å². The van der Waals surface area contributed by atoms with Crippen LogP contribution in [0.25, 0.3) is 11.1 Å². The molecule has 1 amide bonds. The van der Waals surface area contributed by atoms with Gasteiger partial charge in [0, 0.05) is 12.5 Å². The standard InChI is InChI=1S/C24H28N2O4.C7H17NO5.ClH/c1-2-15-29-23(27)22(13-7-8-14-25)26-24(28)30-16-21-19-11-5-3-9-17(19)18-10-4-6-12-20(18)21;1-8-2-4(10)6(12)7(13)5(11)3-9;/h2-6,9-12,21-22H,1,7-8,13-16,25H2,(H,26,28);4-13H,2-3H2,1H3;1H. The van der Waals surface area contributed by atoms with Crippen molar-refractivity contribution in [3.63, 3.8) is 0 Å². The molecule has 1 aliphatic carbocycles. The molecule has 5 unspecified atom stereocenters. The fourth-order valence-corrected chi connectivity index (χ4v) is 4.66. The number of hydrogen-bond acceptors (Lipinski definition) is 11. The first kappa shape index (κ1) is 39.0. The average Bonchev–Trinajstić information content (AvgIpc) is 3.35. The minimum atomic E-state index is -1.55. The van der Waals surface area contributed by atoms with Crippen LogP contribution in [-0.4, -0.2) is 108 Å². The Morgan fingerprint density at radius 1 is 0.955 bits per heavy atom. The van der Waals surface area contributed by atoms with E-state index in [9.17, 15) is 14.7 Å². The van der Waals surface area contributed by atoms with Gasteiger partial charge in [-0.1, -0.05) is 61.2 Å². The first-order valence-electron chi connectivity index (χ1n) is 14.3. The number of aliphatic hydroxyl groups excluding tert-OH is 5. The Morgan fingerprint density at radius 3 is 2.05 bits per heavy atom. The summed E-state index contributed by atoms with van der Waals surface area (Å²) in [5.41, 5.74) is 10.1. The number of nitrogens with one attached hydrogen (secondary N) is 2. The molecule has 0 saturated carbocycles. The number of alkyl carbamates (subject to hydrolysis) is 1. The van der Waals surface area contributed by atoms with E-state index in [4.69, 9.17) is 35.6 Å². The van der Waals surface area contributed by atoms with E-state index in [0.717, 1.165) is 28.7 Å². The van der Waals surface area contributed by atoms with E-state index in [1.54, 1.807) is 7.05 Å². The normalized spacial score (nSPS) is 15.1. The third-order valence-corrected chi connectivity index (χ3v) is 6.95. The van der Waals surface area contributed by atoms with Gasteiger partial charge in [0.2, 0.25) is 0 Å². The predicted octanol–water partition coefficient (Wildman–Crippen LogP) is 0.815. The van der Waals surface area contributed by atoms with Crippen LogP contribution in [0.3, 0.4) is 0 Å². The second kappa shape index (κ2) is 20.8. The Hall–Kier alpha value is -3.07. The van der Waals surface area contributed by atoms with E-state index in [1.165, 1.54) is 6.08 Å². The van der Waals surface area contributed by atoms with Gasteiger partial charge in [-0.05, 0) is 55.1 Å². The molecule has 0 heterocycles. The molecule has 1 aliphatic rings. The van der Waals surface area contributed by atoms with E-state index in [0.29, 0.717) is 19.4 Å². The summed E-state index contributed by atoms with van der Waals surface area (Å²) in [7, 11) is 1.57. The summed E-state index contributed by atoms with van der Waals surface area (Å²) in [5, 5.41) is 50.1. The largest absolute Gasteiger partial charge is 0.460 e. The zero-order chi connectivity index (χ0) is 31.8. The number of esters is 1. The molecule has 5 atom stereocenters. The third kappa shape index (κ3) is 11.5.